The number of carbonyl (C=O) groups excluding carboxylic acids is 2. The molecular weight excluding hydrogens is 503 g/mol. The number of hydrogen-bond donors (Lipinski definition) is 0. The van der Waals surface area contributed by atoms with Crippen LogP contribution in [0.5, 0.6) is 11.5 Å². The molecule has 2 aromatic rings. The highest BCUT2D eigenvalue weighted by Crippen LogP contribution is 2.39. The van der Waals surface area contributed by atoms with Gasteiger partial charge in [0, 0.05) is 44.1 Å². The maximum absolute atomic E-state index is 14.7. The number of fused-ring (bicyclic) bond motifs is 1. The first kappa shape index (κ1) is 25.8. The summed E-state index contributed by atoms with van der Waals surface area (Å²) in [5.41, 5.74) is 1.68. The lowest BCUT2D eigenvalue weighted by Crippen LogP contribution is -2.49. The van der Waals surface area contributed by atoms with E-state index < -0.39 is 6.04 Å². The van der Waals surface area contributed by atoms with Crippen molar-refractivity contribution < 1.29 is 28.2 Å². The Morgan fingerprint density at radius 1 is 1.05 bits per heavy atom. The van der Waals surface area contributed by atoms with E-state index in [1.807, 2.05) is 18.2 Å². The Hall–Kier alpha value is -3.50. The van der Waals surface area contributed by atoms with Gasteiger partial charge in [-0.1, -0.05) is 30.7 Å². The lowest BCUT2D eigenvalue weighted by atomic mass is 9.84. The molecule has 2 fully saturated rings. The number of ether oxygens (including phenoxy) is 3. The molecular formula is C29H33FN4O5. The molecule has 9 nitrogen and oxygen atoms in total. The van der Waals surface area contributed by atoms with Crippen LogP contribution in [0, 0.1) is 11.7 Å². The number of carbonyl (C=O) groups is 2. The SMILES string of the molecule is O=C(C1CCC1)N(CCN1CCOCC1)CC(=O)N1N=C(c2ccccc2F)CC1c1ccc2c(c1)OCO2. The number of nitrogens with zero attached hydrogens (tertiary/aromatic N) is 4. The van der Waals surface area contributed by atoms with Gasteiger partial charge in [-0.05, 0) is 36.6 Å². The molecule has 1 saturated heterocycles. The minimum absolute atomic E-state index is 0.0248. The molecule has 0 aromatic heterocycles. The molecule has 39 heavy (non-hydrogen) atoms. The molecule has 1 aliphatic carbocycles. The zero-order valence-electron chi connectivity index (χ0n) is 21.9. The highest BCUT2D eigenvalue weighted by molar-refractivity contribution is 6.03. The first-order chi connectivity index (χ1) is 19.1. The zero-order valence-corrected chi connectivity index (χ0v) is 21.9. The van der Waals surface area contributed by atoms with E-state index in [1.165, 1.54) is 11.1 Å². The second-order valence-electron chi connectivity index (χ2n) is 10.4. The van der Waals surface area contributed by atoms with Gasteiger partial charge in [0.2, 0.25) is 12.7 Å². The van der Waals surface area contributed by atoms with Crippen LogP contribution in [0.3, 0.4) is 0 Å². The maximum Gasteiger partial charge on any atom is 0.262 e. The van der Waals surface area contributed by atoms with Crippen molar-refractivity contribution in [2.24, 2.45) is 11.0 Å². The molecule has 2 aromatic carbocycles. The van der Waals surface area contributed by atoms with Crippen molar-refractivity contribution in [1.82, 2.24) is 14.8 Å². The molecule has 1 atom stereocenters. The fourth-order valence-corrected chi connectivity index (χ4v) is 5.48. The van der Waals surface area contributed by atoms with Gasteiger partial charge in [-0.15, -0.1) is 0 Å². The third-order valence-corrected chi connectivity index (χ3v) is 8.01. The van der Waals surface area contributed by atoms with Crippen molar-refractivity contribution in [3.05, 3.63) is 59.4 Å². The quantitative estimate of drug-likeness (QED) is 0.516. The molecule has 2 amide bonds. The van der Waals surface area contributed by atoms with Crippen molar-refractivity contribution in [1.29, 1.82) is 0 Å². The van der Waals surface area contributed by atoms with Gasteiger partial charge < -0.3 is 19.1 Å². The molecule has 0 radical (unpaired) electrons. The number of morpholine rings is 1. The van der Waals surface area contributed by atoms with E-state index in [0.717, 1.165) is 37.9 Å². The molecule has 0 N–H and O–H groups in total. The lowest BCUT2D eigenvalue weighted by Gasteiger charge is -2.34. The molecule has 0 bridgehead atoms. The monoisotopic (exact) mass is 536 g/mol. The summed E-state index contributed by atoms with van der Waals surface area (Å²) < 4.78 is 31.2. The normalized spacial score (nSPS) is 21.0. The third kappa shape index (κ3) is 5.49. The van der Waals surface area contributed by atoms with Crippen molar-refractivity contribution in [2.75, 3.05) is 52.7 Å². The minimum atomic E-state index is -0.457. The van der Waals surface area contributed by atoms with E-state index in [-0.39, 0.29) is 36.9 Å². The van der Waals surface area contributed by atoms with Crippen LogP contribution < -0.4 is 9.47 Å². The molecule has 206 valence electrons. The minimum Gasteiger partial charge on any atom is -0.454 e. The average Bonchev–Trinajstić information content (AvgIpc) is 3.58. The number of halogens is 1. The van der Waals surface area contributed by atoms with Crippen LogP contribution in [0.25, 0.3) is 0 Å². The topological polar surface area (TPSA) is 83.9 Å². The smallest absolute Gasteiger partial charge is 0.262 e. The lowest BCUT2D eigenvalue weighted by molar-refractivity contribution is -0.145. The van der Waals surface area contributed by atoms with E-state index in [0.29, 0.717) is 55.5 Å². The van der Waals surface area contributed by atoms with Gasteiger partial charge >= 0.3 is 0 Å². The van der Waals surface area contributed by atoms with E-state index in [4.69, 9.17) is 14.2 Å². The summed E-state index contributed by atoms with van der Waals surface area (Å²) in [6.07, 6.45) is 3.10. The second kappa shape index (κ2) is 11.3. The van der Waals surface area contributed by atoms with Crippen molar-refractivity contribution in [3.8, 4) is 11.5 Å². The third-order valence-electron chi connectivity index (χ3n) is 8.01. The van der Waals surface area contributed by atoms with Gasteiger partial charge in [0.15, 0.2) is 11.5 Å². The van der Waals surface area contributed by atoms with Gasteiger partial charge in [0.05, 0.1) is 25.0 Å². The first-order valence-electron chi connectivity index (χ1n) is 13.7. The summed E-state index contributed by atoms with van der Waals surface area (Å²) in [7, 11) is 0. The summed E-state index contributed by atoms with van der Waals surface area (Å²) in [6.45, 7) is 4.20. The Kier molecular flexibility index (Phi) is 7.47. The number of rotatable bonds is 8. The number of amides is 2. The fourth-order valence-electron chi connectivity index (χ4n) is 5.48. The van der Waals surface area contributed by atoms with Crippen LogP contribution in [0.1, 0.15) is 42.9 Å². The van der Waals surface area contributed by atoms with E-state index in [9.17, 15) is 14.0 Å². The highest BCUT2D eigenvalue weighted by atomic mass is 19.1. The molecule has 0 spiro atoms. The Morgan fingerprint density at radius 2 is 1.85 bits per heavy atom. The van der Waals surface area contributed by atoms with Crippen molar-refractivity contribution in [3.63, 3.8) is 0 Å². The molecule has 10 heteroatoms. The molecule has 3 aliphatic heterocycles. The Bertz CT molecular complexity index is 1260. The van der Waals surface area contributed by atoms with Gasteiger partial charge in [0.25, 0.3) is 5.91 Å². The summed E-state index contributed by atoms with van der Waals surface area (Å²) in [4.78, 5) is 31.2. The Balaban J connectivity index is 1.25. The highest BCUT2D eigenvalue weighted by Gasteiger charge is 2.37. The zero-order chi connectivity index (χ0) is 26.8. The molecule has 6 rings (SSSR count). The van der Waals surface area contributed by atoms with Crippen LogP contribution in [0.15, 0.2) is 47.6 Å². The number of hydrazone groups is 1. The van der Waals surface area contributed by atoms with Crippen molar-refractivity contribution >= 4 is 17.5 Å². The van der Waals surface area contributed by atoms with Gasteiger partial charge in [-0.3, -0.25) is 14.5 Å². The standard InChI is InChI=1S/C29H33FN4O5/c30-23-7-2-1-6-22(23)24-17-25(21-8-9-26-27(16-21)39-19-38-26)34(31-24)28(35)18-33(29(36)20-4-3-5-20)11-10-32-12-14-37-15-13-32/h1-2,6-9,16,20,25H,3-5,10-15,17-19H2. The van der Waals surface area contributed by atoms with Gasteiger partial charge in [-0.25, -0.2) is 9.40 Å². The summed E-state index contributed by atoms with van der Waals surface area (Å²) in [5, 5.41) is 6.06. The Morgan fingerprint density at radius 3 is 2.62 bits per heavy atom. The van der Waals surface area contributed by atoms with Crippen molar-refractivity contribution in [2.45, 2.75) is 31.7 Å². The average molecular weight is 537 g/mol. The van der Waals surface area contributed by atoms with E-state index in [2.05, 4.69) is 10.0 Å². The van der Waals surface area contributed by atoms with E-state index in [1.54, 1.807) is 23.1 Å². The van der Waals surface area contributed by atoms with Gasteiger partial charge in [0.1, 0.15) is 12.4 Å². The van der Waals surface area contributed by atoms with Crippen LogP contribution >= 0.6 is 0 Å². The van der Waals surface area contributed by atoms with E-state index >= 15 is 0 Å². The second-order valence-corrected chi connectivity index (χ2v) is 10.4. The van der Waals surface area contributed by atoms with Crippen LogP contribution in [0.2, 0.25) is 0 Å². The number of benzene rings is 2. The largest absolute Gasteiger partial charge is 0.454 e. The number of hydrogen-bond acceptors (Lipinski definition) is 7. The predicted molar refractivity (Wildman–Crippen MR) is 141 cm³/mol. The van der Waals surface area contributed by atoms with Crippen LogP contribution in [0.4, 0.5) is 4.39 Å². The summed E-state index contributed by atoms with van der Waals surface area (Å²) in [5.74, 6) is 0.570. The summed E-state index contributed by atoms with van der Waals surface area (Å²) >= 11 is 0. The first-order valence-corrected chi connectivity index (χ1v) is 13.7. The molecule has 4 aliphatic rings. The maximum atomic E-state index is 14.7. The molecule has 1 saturated carbocycles. The van der Waals surface area contributed by atoms with Crippen LogP contribution in [-0.2, 0) is 14.3 Å². The summed E-state index contributed by atoms with van der Waals surface area (Å²) in [6, 6.07) is 11.5. The van der Waals surface area contributed by atoms with Gasteiger partial charge in [-0.2, -0.15) is 5.10 Å². The predicted octanol–water partition coefficient (Wildman–Crippen LogP) is 3.19. The molecule has 1 unspecified atom stereocenters. The molecule has 3 heterocycles. The van der Waals surface area contributed by atoms with Crippen LogP contribution in [-0.4, -0.2) is 85.1 Å². The Labute approximate surface area is 227 Å². The fraction of sp³-hybridized carbons (Fsp3) is 0.483.